The van der Waals surface area contributed by atoms with Crippen LogP contribution in [0.4, 0.5) is 0 Å². The minimum absolute atomic E-state index is 0. The molecule has 0 aliphatic rings. The highest BCUT2D eigenvalue weighted by Gasteiger charge is 2.45. The second-order valence-electron chi connectivity index (χ2n) is 8.32. The topological polar surface area (TPSA) is 9.23 Å². The van der Waals surface area contributed by atoms with Gasteiger partial charge >= 0.3 is 0 Å². The average Bonchev–Trinajstić information content (AvgIpc) is 2.80. The van der Waals surface area contributed by atoms with Crippen LogP contribution in [0.1, 0.15) is 22.3 Å². The summed E-state index contributed by atoms with van der Waals surface area (Å²) in [5.41, 5.74) is 5.20. The van der Waals surface area contributed by atoms with Crippen molar-refractivity contribution in [1.82, 2.24) is 0 Å². The van der Waals surface area contributed by atoms with Crippen molar-refractivity contribution < 1.29 is 21.7 Å². The van der Waals surface area contributed by atoms with Crippen LogP contribution in [0, 0.1) is 20.8 Å². The molecular formula is C29H30BrOP. The maximum Gasteiger partial charge on any atom is 0.118 e. The first-order chi connectivity index (χ1) is 15.0. The number of halogens is 1. The first kappa shape index (κ1) is 24.2. The van der Waals surface area contributed by atoms with E-state index in [9.17, 15) is 0 Å². The second kappa shape index (κ2) is 10.5. The minimum atomic E-state index is -1.90. The molecule has 0 saturated carbocycles. The van der Waals surface area contributed by atoms with Gasteiger partial charge in [-0.3, -0.25) is 0 Å². The normalized spacial score (nSPS) is 11.0. The van der Waals surface area contributed by atoms with Crippen LogP contribution in [-0.4, -0.2) is 7.11 Å². The van der Waals surface area contributed by atoms with Crippen LogP contribution in [0.3, 0.4) is 0 Å². The van der Waals surface area contributed by atoms with Gasteiger partial charge in [0, 0.05) is 0 Å². The molecule has 3 heteroatoms. The smallest absolute Gasteiger partial charge is 0.118 e. The summed E-state index contributed by atoms with van der Waals surface area (Å²) in [7, 11) is -0.180. The predicted octanol–water partition coefficient (Wildman–Crippen LogP) is 3.12. The summed E-state index contributed by atoms with van der Waals surface area (Å²) in [5.74, 6) is 0.897. The molecule has 0 N–H and O–H groups in total. The molecule has 0 aromatic heterocycles. The molecule has 0 amide bonds. The quantitative estimate of drug-likeness (QED) is 0.366. The molecule has 4 aromatic rings. The van der Waals surface area contributed by atoms with Gasteiger partial charge < -0.3 is 21.7 Å². The summed E-state index contributed by atoms with van der Waals surface area (Å²) in [6.45, 7) is 6.47. The molecule has 4 aromatic carbocycles. The van der Waals surface area contributed by atoms with Gasteiger partial charge in [-0.05, 0) is 74.9 Å². The Morgan fingerprint density at radius 2 is 0.875 bits per heavy atom. The highest BCUT2D eigenvalue weighted by Crippen LogP contribution is 2.58. The van der Waals surface area contributed by atoms with Crippen LogP contribution >= 0.6 is 7.26 Å². The van der Waals surface area contributed by atoms with Crippen molar-refractivity contribution in [1.29, 1.82) is 0 Å². The molecule has 0 spiro atoms. The lowest BCUT2D eigenvalue weighted by Crippen LogP contribution is -3.00. The Hall–Kier alpha value is -2.41. The molecule has 0 aliphatic carbocycles. The van der Waals surface area contributed by atoms with Gasteiger partial charge in [0.05, 0.1) is 13.3 Å². The first-order valence-electron chi connectivity index (χ1n) is 10.7. The van der Waals surface area contributed by atoms with Crippen molar-refractivity contribution >= 4 is 23.2 Å². The molecule has 0 bridgehead atoms. The molecule has 0 fully saturated rings. The molecule has 4 rings (SSSR count). The zero-order valence-corrected chi connectivity index (χ0v) is 21.7. The molecular weight excluding hydrogens is 475 g/mol. The summed E-state index contributed by atoms with van der Waals surface area (Å²) in [6.07, 6.45) is 0.978. The Bertz CT molecular complexity index is 1020. The standard InChI is InChI=1S/C29H30OP.BrH/c1-22-5-15-27(16-6-22)31(28-17-7-23(2)8-18-28,29-19-9-24(3)10-20-29)21-25-11-13-26(30-4)14-12-25;/h5-20H,21H2,1-4H3;1H/q+1;/p-1. The van der Waals surface area contributed by atoms with Crippen LogP contribution in [0.25, 0.3) is 0 Å². The van der Waals surface area contributed by atoms with E-state index < -0.39 is 7.26 Å². The van der Waals surface area contributed by atoms with E-state index in [1.54, 1.807) is 7.11 Å². The number of hydrogen-bond acceptors (Lipinski definition) is 1. The third kappa shape index (κ3) is 4.98. The van der Waals surface area contributed by atoms with Crippen LogP contribution in [0.2, 0.25) is 0 Å². The largest absolute Gasteiger partial charge is 1.00 e. The van der Waals surface area contributed by atoms with E-state index in [1.165, 1.54) is 38.2 Å². The zero-order chi connectivity index (χ0) is 21.8. The van der Waals surface area contributed by atoms with Gasteiger partial charge in [0.25, 0.3) is 0 Å². The van der Waals surface area contributed by atoms with Crippen LogP contribution in [0.15, 0.2) is 97.1 Å². The van der Waals surface area contributed by atoms with Crippen molar-refractivity contribution in [2.24, 2.45) is 0 Å². The highest BCUT2D eigenvalue weighted by atomic mass is 79.9. The molecule has 164 valence electrons. The number of hydrogen-bond donors (Lipinski definition) is 0. The van der Waals surface area contributed by atoms with Crippen molar-refractivity contribution in [3.05, 3.63) is 119 Å². The van der Waals surface area contributed by atoms with E-state index in [-0.39, 0.29) is 17.0 Å². The second-order valence-corrected chi connectivity index (χ2v) is 11.8. The van der Waals surface area contributed by atoms with Gasteiger partial charge in [-0.2, -0.15) is 0 Å². The number of rotatable bonds is 6. The van der Waals surface area contributed by atoms with Crippen molar-refractivity contribution in [3.8, 4) is 5.75 Å². The van der Waals surface area contributed by atoms with Gasteiger partial charge in [-0.25, -0.2) is 0 Å². The first-order valence-corrected chi connectivity index (χ1v) is 12.7. The van der Waals surface area contributed by atoms with E-state index in [2.05, 4.69) is 118 Å². The monoisotopic (exact) mass is 504 g/mol. The molecule has 0 unspecified atom stereocenters. The Balaban J connectivity index is 0.00000289. The number of ether oxygens (including phenoxy) is 1. The van der Waals surface area contributed by atoms with Gasteiger partial charge in [0.1, 0.15) is 28.9 Å². The molecule has 0 saturated heterocycles. The van der Waals surface area contributed by atoms with E-state index in [1.807, 2.05) is 0 Å². The molecule has 0 radical (unpaired) electrons. The van der Waals surface area contributed by atoms with Gasteiger partial charge in [0.15, 0.2) is 0 Å². The van der Waals surface area contributed by atoms with Gasteiger partial charge in [-0.1, -0.05) is 65.2 Å². The lowest BCUT2D eigenvalue weighted by Gasteiger charge is -2.28. The summed E-state index contributed by atoms with van der Waals surface area (Å²) < 4.78 is 5.40. The lowest BCUT2D eigenvalue weighted by molar-refractivity contribution is -0.00000666. The SMILES string of the molecule is COc1ccc(C[P+](c2ccc(C)cc2)(c2ccc(C)cc2)c2ccc(C)cc2)cc1.[Br-]. The molecule has 0 heterocycles. The Labute approximate surface area is 203 Å². The molecule has 1 nitrogen and oxygen atoms in total. The zero-order valence-electron chi connectivity index (χ0n) is 19.2. The Kier molecular flexibility index (Phi) is 7.93. The number of aryl methyl sites for hydroxylation is 3. The third-order valence-corrected chi connectivity index (χ3v) is 10.4. The van der Waals surface area contributed by atoms with E-state index in [4.69, 9.17) is 4.74 Å². The predicted molar refractivity (Wildman–Crippen MR) is 136 cm³/mol. The highest BCUT2D eigenvalue weighted by molar-refractivity contribution is 7.95. The Morgan fingerprint density at radius 1 is 0.531 bits per heavy atom. The van der Waals surface area contributed by atoms with E-state index >= 15 is 0 Å². The fraction of sp³-hybridized carbons (Fsp3) is 0.172. The summed E-state index contributed by atoms with van der Waals surface area (Å²) in [6, 6.07) is 36.1. The van der Waals surface area contributed by atoms with Crippen molar-refractivity contribution in [2.75, 3.05) is 7.11 Å². The van der Waals surface area contributed by atoms with E-state index in [0.29, 0.717) is 0 Å². The van der Waals surface area contributed by atoms with Crippen molar-refractivity contribution in [3.63, 3.8) is 0 Å². The summed E-state index contributed by atoms with van der Waals surface area (Å²) in [5, 5.41) is 4.25. The molecule has 32 heavy (non-hydrogen) atoms. The summed E-state index contributed by atoms with van der Waals surface area (Å²) >= 11 is 0. The summed E-state index contributed by atoms with van der Waals surface area (Å²) in [4.78, 5) is 0. The fourth-order valence-corrected chi connectivity index (χ4v) is 8.30. The van der Waals surface area contributed by atoms with Crippen LogP contribution in [0.5, 0.6) is 5.75 Å². The van der Waals surface area contributed by atoms with Gasteiger partial charge in [0.2, 0.25) is 0 Å². The molecule has 0 atom stereocenters. The maximum absolute atomic E-state index is 5.40. The number of benzene rings is 4. The van der Waals surface area contributed by atoms with Gasteiger partial charge in [-0.15, -0.1) is 0 Å². The third-order valence-electron chi connectivity index (χ3n) is 6.00. The minimum Gasteiger partial charge on any atom is -1.00 e. The van der Waals surface area contributed by atoms with E-state index in [0.717, 1.165) is 11.9 Å². The fourth-order valence-electron chi connectivity index (χ4n) is 4.12. The van der Waals surface area contributed by atoms with Crippen LogP contribution in [-0.2, 0) is 6.16 Å². The molecule has 0 aliphatic heterocycles. The average molecular weight is 505 g/mol. The number of methoxy groups -OCH3 is 1. The van der Waals surface area contributed by atoms with Crippen molar-refractivity contribution in [2.45, 2.75) is 26.9 Å². The maximum atomic E-state index is 5.40. The van der Waals surface area contributed by atoms with Crippen LogP contribution < -0.4 is 37.6 Å². The lowest BCUT2D eigenvalue weighted by atomic mass is 10.2. The Morgan fingerprint density at radius 3 is 1.19 bits per heavy atom.